The third kappa shape index (κ3) is 3.41. The lowest BCUT2D eigenvalue weighted by Gasteiger charge is -2.16. The Hall–Kier alpha value is -2.41. The Morgan fingerprint density at radius 2 is 2.04 bits per heavy atom. The zero-order valence-electron chi connectivity index (χ0n) is 13.2. The summed E-state index contributed by atoms with van der Waals surface area (Å²) in [5.41, 5.74) is 0.907. The second-order valence-electron chi connectivity index (χ2n) is 5.71. The van der Waals surface area contributed by atoms with Crippen molar-refractivity contribution in [3.63, 3.8) is 0 Å². The predicted octanol–water partition coefficient (Wildman–Crippen LogP) is 2.80. The van der Waals surface area contributed by atoms with E-state index in [0.717, 1.165) is 22.7 Å². The van der Waals surface area contributed by atoms with Gasteiger partial charge in [-0.15, -0.1) is 11.3 Å². The van der Waals surface area contributed by atoms with Crippen molar-refractivity contribution in [3.8, 4) is 16.3 Å². The van der Waals surface area contributed by atoms with E-state index in [0.29, 0.717) is 17.7 Å². The van der Waals surface area contributed by atoms with Crippen molar-refractivity contribution in [2.24, 2.45) is 5.92 Å². The molecule has 0 saturated heterocycles. The van der Waals surface area contributed by atoms with Crippen LogP contribution in [0.1, 0.15) is 28.9 Å². The number of aliphatic carboxylic acids is 1. The van der Waals surface area contributed by atoms with Gasteiger partial charge >= 0.3 is 5.97 Å². The summed E-state index contributed by atoms with van der Waals surface area (Å²) in [4.78, 5) is 28.3. The molecule has 24 heavy (non-hydrogen) atoms. The number of hydrogen-bond acceptors (Lipinski definition) is 5. The summed E-state index contributed by atoms with van der Waals surface area (Å²) >= 11 is 1.29. The number of nitrogens with one attached hydrogen (secondary N) is 1. The molecule has 1 amide bonds. The summed E-state index contributed by atoms with van der Waals surface area (Å²) in [6.07, 6.45) is 3.67. The van der Waals surface area contributed by atoms with Gasteiger partial charge in [-0.25, -0.2) is 4.98 Å². The summed E-state index contributed by atoms with van der Waals surface area (Å²) in [5.74, 6) is -0.844. The van der Waals surface area contributed by atoms with Gasteiger partial charge in [-0.2, -0.15) is 0 Å². The number of carboxylic acids is 1. The Bertz CT molecular complexity index is 741. The first kappa shape index (κ1) is 16.4. The lowest BCUT2D eigenvalue weighted by atomic mass is 10.0. The minimum absolute atomic E-state index is 0.259. The fourth-order valence-corrected chi connectivity index (χ4v) is 3.74. The highest BCUT2D eigenvalue weighted by Gasteiger charge is 2.34. The van der Waals surface area contributed by atoms with Gasteiger partial charge in [-0.3, -0.25) is 9.59 Å². The monoisotopic (exact) mass is 346 g/mol. The molecule has 7 heteroatoms. The zero-order chi connectivity index (χ0) is 17.1. The van der Waals surface area contributed by atoms with Crippen LogP contribution in [0.4, 0.5) is 0 Å². The van der Waals surface area contributed by atoms with Gasteiger partial charge < -0.3 is 15.2 Å². The van der Waals surface area contributed by atoms with Crippen molar-refractivity contribution in [2.75, 3.05) is 7.11 Å². The summed E-state index contributed by atoms with van der Waals surface area (Å²) < 4.78 is 5.12. The van der Waals surface area contributed by atoms with Gasteiger partial charge in [0.2, 0.25) is 0 Å². The first-order chi connectivity index (χ1) is 11.6. The Morgan fingerprint density at radius 1 is 1.29 bits per heavy atom. The van der Waals surface area contributed by atoms with E-state index in [1.165, 1.54) is 17.5 Å². The molecule has 2 atom stereocenters. The highest BCUT2D eigenvalue weighted by atomic mass is 32.1. The number of carbonyl (C=O) groups excluding carboxylic acids is 1. The van der Waals surface area contributed by atoms with E-state index in [4.69, 9.17) is 4.74 Å². The molecule has 2 N–H and O–H groups in total. The first-order valence-electron chi connectivity index (χ1n) is 7.72. The van der Waals surface area contributed by atoms with E-state index in [9.17, 15) is 14.7 Å². The molecule has 0 bridgehead atoms. The summed E-state index contributed by atoms with van der Waals surface area (Å²) in [7, 11) is 1.61. The van der Waals surface area contributed by atoms with Crippen LogP contribution in [-0.2, 0) is 4.79 Å². The molecule has 1 saturated carbocycles. The second kappa shape index (κ2) is 7.00. The molecular formula is C17H18N2O4S. The average Bonchev–Trinajstić information content (AvgIpc) is 3.24. The average molecular weight is 346 g/mol. The molecule has 126 valence electrons. The van der Waals surface area contributed by atoms with Gasteiger partial charge in [-0.05, 0) is 37.1 Å². The van der Waals surface area contributed by atoms with Crippen LogP contribution in [0.25, 0.3) is 10.6 Å². The van der Waals surface area contributed by atoms with Gasteiger partial charge in [0.05, 0.1) is 19.2 Å². The van der Waals surface area contributed by atoms with Crippen LogP contribution in [0.2, 0.25) is 0 Å². The molecule has 1 aromatic carbocycles. The molecule has 1 aliphatic carbocycles. The standard InChI is InChI=1S/C17H18N2O4S/c1-23-11-7-5-10(6-8-11)16-18-9-14(24-16)15(20)19-13-4-2-3-12(13)17(21)22/h5-9,12-13H,2-4H2,1H3,(H,19,20)(H,21,22)/t12-,13+/m0/s1. The number of amides is 1. The van der Waals surface area contributed by atoms with E-state index in [-0.39, 0.29) is 11.9 Å². The number of methoxy groups -OCH3 is 1. The Morgan fingerprint density at radius 3 is 2.71 bits per heavy atom. The predicted molar refractivity (Wildman–Crippen MR) is 90.3 cm³/mol. The van der Waals surface area contributed by atoms with Crippen LogP contribution in [0, 0.1) is 5.92 Å². The lowest BCUT2D eigenvalue weighted by Crippen LogP contribution is -2.39. The SMILES string of the molecule is COc1ccc(-c2ncc(C(=O)N[C@@H]3CCC[C@@H]3C(=O)O)s2)cc1. The van der Waals surface area contributed by atoms with E-state index in [1.807, 2.05) is 24.3 Å². The third-order valence-electron chi connectivity index (χ3n) is 4.22. The number of thiazole rings is 1. The topological polar surface area (TPSA) is 88.5 Å². The maximum Gasteiger partial charge on any atom is 0.308 e. The fourth-order valence-electron chi connectivity index (χ4n) is 2.91. The maximum atomic E-state index is 12.4. The van der Waals surface area contributed by atoms with Gasteiger partial charge in [0.1, 0.15) is 15.6 Å². The molecule has 1 heterocycles. The van der Waals surface area contributed by atoms with Gasteiger partial charge in [0, 0.05) is 11.6 Å². The molecule has 6 nitrogen and oxygen atoms in total. The number of hydrogen-bond donors (Lipinski definition) is 2. The summed E-state index contributed by atoms with van der Waals surface area (Å²) in [6.45, 7) is 0. The van der Waals surface area contributed by atoms with Crippen molar-refractivity contribution in [3.05, 3.63) is 35.3 Å². The summed E-state index contributed by atoms with van der Waals surface area (Å²) in [5, 5.41) is 12.8. The fraction of sp³-hybridized carbons (Fsp3) is 0.353. The van der Waals surface area contributed by atoms with Crippen LogP contribution in [-0.4, -0.2) is 35.1 Å². The molecule has 2 aromatic rings. The molecular weight excluding hydrogens is 328 g/mol. The second-order valence-corrected chi connectivity index (χ2v) is 6.74. The normalized spacial score (nSPS) is 19.9. The van der Waals surface area contributed by atoms with E-state index in [1.54, 1.807) is 7.11 Å². The van der Waals surface area contributed by atoms with Crippen molar-refractivity contribution >= 4 is 23.2 Å². The van der Waals surface area contributed by atoms with Crippen LogP contribution >= 0.6 is 11.3 Å². The number of aromatic nitrogens is 1. The highest BCUT2D eigenvalue weighted by Crippen LogP contribution is 2.29. The number of carboxylic acid groups (broad SMARTS) is 1. The minimum atomic E-state index is -0.846. The molecule has 1 aliphatic rings. The molecule has 0 aliphatic heterocycles. The van der Waals surface area contributed by atoms with Gasteiger partial charge in [0.15, 0.2) is 0 Å². The molecule has 3 rings (SSSR count). The van der Waals surface area contributed by atoms with Gasteiger partial charge in [-0.1, -0.05) is 6.42 Å². The van der Waals surface area contributed by atoms with Crippen LogP contribution in [0.15, 0.2) is 30.5 Å². The molecule has 0 radical (unpaired) electrons. The van der Waals surface area contributed by atoms with Crippen LogP contribution < -0.4 is 10.1 Å². The Balaban J connectivity index is 1.70. The largest absolute Gasteiger partial charge is 0.497 e. The van der Waals surface area contributed by atoms with E-state index >= 15 is 0 Å². The summed E-state index contributed by atoms with van der Waals surface area (Å²) in [6, 6.07) is 7.15. The minimum Gasteiger partial charge on any atom is -0.497 e. The number of benzene rings is 1. The highest BCUT2D eigenvalue weighted by molar-refractivity contribution is 7.16. The quantitative estimate of drug-likeness (QED) is 0.869. The Labute approximate surface area is 143 Å². The van der Waals surface area contributed by atoms with Crippen molar-refractivity contribution in [1.82, 2.24) is 10.3 Å². The van der Waals surface area contributed by atoms with Crippen molar-refractivity contribution < 1.29 is 19.4 Å². The smallest absolute Gasteiger partial charge is 0.308 e. The van der Waals surface area contributed by atoms with E-state index < -0.39 is 11.9 Å². The van der Waals surface area contributed by atoms with Gasteiger partial charge in [0.25, 0.3) is 5.91 Å². The molecule has 1 fully saturated rings. The third-order valence-corrected chi connectivity index (χ3v) is 5.26. The number of carbonyl (C=O) groups is 2. The lowest BCUT2D eigenvalue weighted by molar-refractivity contribution is -0.142. The number of rotatable bonds is 5. The molecule has 0 spiro atoms. The molecule has 1 aromatic heterocycles. The van der Waals surface area contributed by atoms with Crippen molar-refractivity contribution in [2.45, 2.75) is 25.3 Å². The maximum absolute atomic E-state index is 12.4. The zero-order valence-corrected chi connectivity index (χ0v) is 14.0. The number of nitrogens with zero attached hydrogens (tertiary/aromatic N) is 1. The first-order valence-corrected chi connectivity index (χ1v) is 8.54. The molecule has 0 unspecified atom stereocenters. The van der Waals surface area contributed by atoms with Crippen LogP contribution in [0.3, 0.4) is 0 Å². The van der Waals surface area contributed by atoms with Crippen LogP contribution in [0.5, 0.6) is 5.75 Å². The number of ether oxygens (including phenoxy) is 1. The Kier molecular flexibility index (Phi) is 4.80. The van der Waals surface area contributed by atoms with E-state index in [2.05, 4.69) is 10.3 Å². The van der Waals surface area contributed by atoms with Crippen molar-refractivity contribution in [1.29, 1.82) is 0 Å².